The highest BCUT2D eigenvalue weighted by molar-refractivity contribution is 6.32. The molecule has 0 atom stereocenters. The van der Waals surface area contributed by atoms with Gasteiger partial charge in [0, 0.05) is 11.6 Å². The van der Waals surface area contributed by atoms with Gasteiger partial charge in [0.25, 0.3) is 5.69 Å². The summed E-state index contributed by atoms with van der Waals surface area (Å²) in [6, 6.07) is 4.44. The van der Waals surface area contributed by atoms with Gasteiger partial charge >= 0.3 is 0 Å². The minimum Gasteiger partial charge on any atom is -0.273 e. The predicted octanol–water partition coefficient (Wildman–Crippen LogP) is 3.91. The molecule has 1 amide bonds. The third kappa shape index (κ3) is 3.03. The van der Waals surface area contributed by atoms with E-state index in [-0.39, 0.29) is 22.0 Å². The number of nitrogens with zero attached hydrogens (tertiary/aromatic N) is 2. The molecule has 7 heteroatoms. The Hall–Kier alpha value is -1.95. The first-order valence-corrected chi connectivity index (χ1v) is 9.10. The number of carbonyl (C=O) groups is 1. The zero-order chi connectivity index (χ0) is 17.6. The Bertz CT molecular complexity index is 727. The van der Waals surface area contributed by atoms with Crippen molar-refractivity contribution in [2.24, 2.45) is 28.3 Å². The van der Waals surface area contributed by atoms with Gasteiger partial charge in [-0.25, -0.2) is 5.43 Å². The number of benzene rings is 1. The molecule has 0 heterocycles. The Morgan fingerprint density at radius 1 is 1.24 bits per heavy atom. The summed E-state index contributed by atoms with van der Waals surface area (Å²) in [7, 11) is 0. The van der Waals surface area contributed by atoms with Crippen LogP contribution in [0.5, 0.6) is 0 Å². The van der Waals surface area contributed by atoms with E-state index in [4.69, 9.17) is 11.6 Å². The molecule has 1 N–H and O–H groups in total. The molecule has 0 unspecified atom stereocenters. The quantitative estimate of drug-likeness (QED) is 0.501. The van der Waals surface area contributed by atoms with Gasteiger partial charge in [0.2, 0.25) is 5.91 Å². The van der Waals surface area contributed by atoms with Crippen LogP contribution in [-0.2, 0) is 4.79 Å². The maximum Gasteiger partial charge on any atom is 0.288 e. The minimum atomic E-state index is -0.534. The van der Waals surface area contributed by atoms with Crippen LogP contribution in [-0.4, -0.2) is 17.0 Å². The highest BCUT2D eigenvalue weighted by Crippen LogP contribution is 2.60. The van der Waals surface area contributed by atoms with Crippen molar-refractivity contribution in [1.29, 1.82) is 0 Å². The number of rotatable bonds is 4. The van der Waals surface area contributed by atoms with Crippen molar-refractivity contribution in [1.82, 2.24) is 5.43 Å². The maximum absolute atomic E-state index is 12.8. The Labute approximate surface area is 150 Å². The van der Waals surface area contributed by atoms with E-state index >= 15 is 0 Å². The van der Waals surface area contributed by atoms with Gasteiger partial charge in [0.05, 0.1) is 16.6 Å². The Balaban J connectivity index is 1.45. The van der Waals surface area contributed by atoms with Gasteiger partial charge in [0.15, 0.2) is 0 Å². The Morgan fingerprint density at radius 3 is 2.40 bits per heavy atom. The zero-order valence-electron chi connectivity index (χ0n) is 13.8. The molecule has 4 fully saturated rings. The lowest BCUT2D eigenvalue weighted by molar-refractivity contribution is -0.384. The number of amides is 1. The molecule has 6 nitrogen and oxygen atoms in total. The summed E-state index contributed by atoms with van der Waals surface area (Å²) in [4.78, 5) is 23.2. The molecule has 4 bridgehead atoms. The lowest BCUT2D eigenvalue weighted by atomic mass is 9.49. The maximum atomic E-state index is 12.8. The summed E-state index contributed by atoms with van der Waals surface area (Å²) in [6.07, 6.45) is 8.22. The SMILES string of the molecule is O=C(N/N=C\c1ccc(Cl)c([N+](=O)[O-])c1)C12CC3CC(CC(C3)C1)C2. The van der Waals surface area contributed by atoms with Crippen LogP contribution in [0.1, 0.15) is 44.1 Å². The second kappa shape index (κ2) is 6.09. The van der Waals surface area contributed by atoms with Crippen molar-refractivity contribution >= 4 is 29.4 Å². The molecule has 5 rings (SSSR count). The Morgan fingerprint density at radius 2 is 1.84 bits per heavy atom. The zero-order valence-corrected chi connectivity index (χ0v) is 14.5. The summed E-state index contributed by atoms with van der Waals surface area (Å²) >= 11 is 5.80. The van der Waals surface area contributed by atoms with Crippen LogP contribution in [0, 0.1) is 33.3 Å². The molecule has 4 aliphatic rings. The van der Waals surface area contributed by atoms with E-state index in [1.165, 1.54) is 37.6 Å². The average molecular weight is 362 g/mol. The molecule has 0 aromatic heterocycles. The number of hydrazone groups is 1. The van der Waals surface area contributed by atoms with Crippen LogP contribution >= 0.6 is 11.6 Å². The van der Waals surface area contributed by atoms with Gasteiger partial charge in [-0.2, -0.15) is 5.10 Å². The fourth-order valence-corrected chi connectivity index (χ4v) is 5.61. The summed E-state index contributed by atoms with van der Waals surface area (Å²) in [5.41, 5.74) is 2.79. The summed E-state index contributed by atoms with van der Waals surface area (Å²) < 4.78 is 0. The van der Waals surface area contributed by atoms with Crippen LogP contribution in [0.2, 0.25) is 5.02 Å². The van der Waals surface area contributed by atoms with E-state index in [1.54, 1.807) is 6.07 Å². The molecule has 4 saturated carbocycles. The first kappa shape index (κ1) is 16.5. The second-order valence-corrected chi connectivity index (χ2v) is 8.27. The molecule has 0 saturated heterocycles. The molecule has 132 valence electrons. The molecule has 4 aliphatic carbocycles. The standard InChI is InChI=1S/C18H20ClN3O3/c19-15-2-1-11(6-16(15)22(24)25)10-20-21-17(23)18-7-12-3-13(8-18)5-14(4-12)9-18/h1-2,6,10,12-14H,3-5,7-9H2,(H,21,23)/b20-10-. The molecule has 1 aromatic rings. The Kier molecular flexibility index (Phi) is 4.02. The van der Waals surface area contributed by atoms with Crippen LogP contribution in [0.4, 0.5) is 5.69 Å². The fraction of sp³-hybridized carbons (Fsp3) is 0.556. The summed E-state index contributed by atoms with van der Waals surface area (Å²) in [6.45, 7) is 0. The summed E-state index contributed by atoms with van der Waals surface area (Å²) in [5.74, 6) is 2.09. The smallest absolute Gasteiger partial charge is 0.273 e. The molecule has 1 aromatic carbocycles. The van der Waals surface area contributed by atoms with E-state index in [0.717, 1.165) is 19.3 Å². The van der Waals surface area contributed by atoms with Crippen LogP contribution < -0.4 is 5.43 Å². The molecule has 25 heavy (non-hydrogen) atoms. The van der Waals surface area contributed by atoms with Gasteiger partial charge in [-0.3, -0.25) is 14.9 Å². The largest absolute Gasteiger partial charge is 0.288 e. The van der Waals surface area contributed by atoms with E-state index in [2.05, 4.69) is 10.5 Å². The first-order valence-electron chi connectivity index (χ1n) is 8.73. The van der Waals surface area contributed by atoms with Crippen LogP contribution in [0.15, 0.2) is 23.3 Å². The monoisotopic (exact) mass is 361 g/mol. The number of hydrogen-bond donors (Lipinski definition) is 1. The summed E-state index contributed by atoms with van der Waals surface area (Å²) in [5, 5.41) is 15.0. The second-order valence-electron chi connectivity index (χ2n) is 7.86. The number of hydrogen-bond acceptors (Lipinski definition) is 4. The molecular formula is C18H20ClN3O3. The van der Waals surface area contributed by atoms with Gasteiger partial charge in [-0.15, -0.1) is 0 Å². The number of nitro benzene ring substituents is 1. The predicted molar refractivity (Wildman–Crippen MR) is 94.4 cm³/mol. The molecular weight excluding hydrogens is 342 g/mol. The van der Waals surface area contributed by atoms with E-state index in [1.807, 2.05) is 0 Å². The number of halogens is 1. The number of carbonyl (C=O) groups excluding carboxylic acids is 1. The lowest BCUT2D eigenvalue weighted by Gasteiger charge is -2.55. The van der Waals surface area contributed by atoms with Gasteiger partial charge in [-0.1, -0.05) is 17.7 Å². The van der Waals surface area contributed by atoms with Crippen molar-refractivity contribution in [3.63, 3.8) is 0 Å². The highest BCUT2D eigenvalue weighted by atomic mass is 35.5. The van der Waals surface area contributed by atoms with Gasteiger partial charge < -0.3 is 0 Å². The lowest BCUT2D eigenvalue weighted by Crippen LogP contribution is -2.52. The van der Waals surface area contributed by atoms with E-state index in [9.17, 15) is 14.9 Å². The molecule has 0 radical (unpaired) electrons. The van der Waals surface area contributed by atoms with Crippen molar-refractivity contribution < 1.29 is 9.72 Å². The third-order valence-corrected chi connectivity index (χ3v) is 6.39. The van der Waals surface area contributed by atoms with Crippen molar-refractivity contribution in [3.8, 4) is 0 Å². The van der Waals surface area contributed by atoms with Crippen molar-refractivity contribution in [3.05, 3.63) is 38.9 Å². The highest BCUT2D eigenvalue weighted by Gasteiger charge is 2.54. The molecule has 0 aliphatic heterocycles. The van der Waals surface area contributed by atoms with Crippen LogP contribution in [0.3, 0.4) is 0 Å². The normalized spacial score (nSPS) is 32.9. The number of nitrogens with one attached hydrogen (secondary N) is 1. The fourth-order valence-electron chi connectivity index (χ4n) is 5.42. The van der Waals surface area contributed by atoms with E-state index in [0.29, 0.717) is 23.3 Å². The topological polar surface area (TPSA) is 84.6 Å². The van der Waals surface area contributed by atoms with Gasteiger partial charge in [0.1, 0.15) is 5.02 Å². The third-order valence-electron chi connectivity index (χ3n) is 6.07. The van der Waals surface area contributed by atoms with Crippen molar-refractivity contribution in [2.45, 2.75) is 38.5 Å². The average Bonchev–Trinajstić information content (AvgIpc) is 2.54. The minimum absolute atomic E-state index is 0.00585. The van der Waals surface area contributed by atoms with E-state index < -0.39 is 4.92 Å². The van der Waals surface area contributed by atoms with Gasteiger partial charge in [-0.05, 0) is 62.3 Å². The van der Waals surface area contributed by atoms with Crippen LogP contribution in [0.25, 0.3) is 0 Å². The van der Waals surface area contributed by atoms with Crippen molar-refractivity contribution in [2.75, 3.05) is 0 Å². The molecule has 0 spiro atoms. The number of nitro groups is 1. The first-order chi connectivity index (χ1) is 11.9.